The molecule has 0 spiro atoms. The van der Waals surface area contributed by atoms with E-state index in [4.69, 9.17) is 14.2 Å². The molecule has 5 atom stereocenters. The number of esters is 1. The van der Waals surface area contributed by atoms with Gasteiger partial charge in [0, 0.05) is 17.9 Å². The second-order valence-electron chi connectivity index (χ2n) is 12.1. The van der Waals surface area contributed by atoms with E-state index < -0.39 is 24.3 Å². The number of allylic oxidation sites excluding steroid dienone is 3. The maximum absolute atomic E-state index is 12.7. The molecule has 1 aliphatic rings. The third-order valence-electron chi connectivity index (χ3n) is 8.59. The highest BCUT2D eigenvalue weighted by Crippen LogP contribution is 2.43. The Morgan fingerprint density at radius 2 is 1.63 bits per heavy atom. The number of carbonyl (C=O) groups excluding carboxylic acids is 3. The van der Waals surface area contributed by atoms with Crippen molar-refractivity contribution in [2.24, 2.45) is 17.3 Å². The lowest BCUT2D eigenvalue weighted by Gasteiger charge is -2.28. The minimum Gasteiger partial charge on any atom is -0.454 e. The summed E-state index contributed by atoms with van der Waals surface area (Å²) < 4.78 is 16.7. The molecular formula is C35H52O6. The molecule has 6 heteroatoms. The van der Waals surface area contributed by atoms with E-state index in [2.05, 4.69) is 45.9 Å². The maximum atomic E-state index is 12.7. The van der Waals surface area contributed by atoms with Crippen LogP contribution in [-0.4, -0.2) is 36.2 Å². The Morgan fingerprint density at radius 3 is 2.27 bits per heavy atom. The van der Waals surface area contributed by atoms with Gasteiger partial charge in [-0.15, -0.1) is 0 Å². The Morgan fingerprint density at radius 1 is 0.951 bits per heavy atom. The third kappa shape index (κ3) is 11.5. The number of hydrogen-bond donors (Lipinski definition) is 0. The van der Waals surface area contributed by atoms with Crippen molar-refractivity contribution < 1.29 is 28.6 Å². The van der Waals surface area contributed by atoms with Gasteiger partial charge in [-0.1, -0.05) is 108 Å². The molecule has 0 bridgehead atoms. The summed E-state index contributed by atoms with van der Waals surface area (Å²) in [7, 11) is 0. The molecule has 0 aromatic heterocycles. The fourth-order valence-corrected chi connectivity index (χ4v) is 5.03. The fourth-order valence-electron chi connectivity index (χ4n) is 5.03. The van der Waals surface area contributed by atoms with Gasteiger partial charge in [0.05, 0.1) is 0 Å². The summed E-state index contributed by atoms with van der Waals surface area (Å²) in [6, 6.07) is 8.78. The van der Waals surface area contributed by atoms with Gasteiger partial charge in [-0.25, -0.2) is 4.79 Å². The van der Waals surface area contributed by atoms with Crippen molar-refractivity contribution in [1.82, 2.24) is 0 Å². The Labute approximate surface area is 247 Å². The zero-order valence-corrected chi connectivity index (χ0v) is 26.3. The molecule has 0 fully saturated rings. The summed E-state index contributed by atoms with van der Waals surface area (Å²) >= 11 is 0. The maximum Gasteiger partial charge on any atom is 0.508 e. The van der Waals surface area contributed by atoms with Gasteiger partial charge in [0.25, 0.3) is 0 Å². The van der Waals surface area contributed by atoms with Gasteiger partial charge in [-0.2, -0.15) is 0 Å². The zero-order valence-electron chi connectivity index (χ0n) is 26.3. The number of carbonyl (C=O) groups is 3. The van der Waals surface area contributed by atoms with Crippen molar-refractivity contribution in [3.63, 3.8) is 0 Å². The number of ketones is 1. The third-order valence-corrected chi connectivity index (χ3v) is 8.59. The number of ether oxygens (including phenoxy) is 3. The van der Waals surface area contributed by atoms with Crippen LogP contribution in [0, 0.1) is 17.3 Å². The van der Waals surface area contributed by atoms with Crippen molar-refractivity contribution >= 4 is 17.9 Å². The van der Waals surface area contributed by atoms with E-state index in [1.807, 2.05) is 19.9 Å². The first kappa shape index (κ1) is 34.3. The summed E-state index contributed by atoms with van der Waals surface area (Å²) in [5.74, 6) is -0.259. The van der Waals surface area contributed by atoms with Crippen molar-refractivity contribution in [3.8, 4) is 0 Å². The quantitative estimate of drug-likeness (QED) is 0.0807. The van der Waals surface area contributed by atoms with Crippen LogP contribution in [0.4, 0.5) is 4.79 Å². The number of unbranched alkanes of at least 4 members (excludes halogenated alkanes) is 4. The molecule has 0 N–H and O–H groups in total. The standard InChI is InChI=1S/C35H52O6/c1-8-9-10-11-15-18-31(23-24-32(36)39-28(5)33(37)29-16-13-12-14-17-29)41-34(38)40-27(4)25(2)19-21-30-22-20-26(3)35(30,6)7/h12-14,16-17,19-21,25,27-28,30-31H,8-11,15,18,22-24H2,1-7H3. The topological polar surface area (TPSA) is 78.9 Å². The summed E-state index contributed by atoms with van der Waals surface area (Å²) in [6.45, 7) is 14.4. The van der Waals surface area contributed by atoms with Gasteiger partial charge in [0.2, 0.25) is 5.78 Å². The Hall–Kier alpha value is -2.89. The monoisotopic (exact) mass is 568 g/mol. The number of rotatable bonds is 17. The van der Waals surface area contributed by atoms with Crippen molar-refractivity contribution in [1.29, 1.82) is 0 Å². The zero-order chi connectivity index (χ0) is 30.4. The highest BCUT2D eigenvalue weighted by molar-refractivity contribution is 6.00. The molecular weight excluding hydrogens is 516 g/mol. The summed E-state index contributed by atoms with van der Waals surface area (Å²) in [4.78, 5) is 37.8. The van der Waals surface area contributed by atoms with E-state index in [9.17, 15) is 14.4 Å². The van der Waals surface area contributed by atoms with Crippen LogP contribution in [0.1, 0.15) is 117 Å². The molecule has 0 saturated heterocycles. The average molecular weight is 569 g/mol. The van der Waals surface area contributed by atoms with Gasteiger partial charge in [-0.05, 0) is 57.8 Å². The molecule has 5 unspecified atom stereocenters. The van der Waals surface area contributed by atoms with Crippen molar-refractivity contribution in [2.75, 3.05) is 0 Å². The lowest BCUT2D eigenvalue weighted by molar-refractivity contribution is -0.147. The van der Waals surface area contributed by atoms with E-state index in [0.29, 0.717) is 24.3 Å². The predicted octanol–water partition coefficient (Wildman–Crippen LogP) is 9.04. The Kier molecular flexibility index (Phi) is 14.4. The van der Waals surface area contributed by atoms with Crippen LogP contribution in [0.5, 0.6) is 0 Å². The van der Waals surface area contributed by atoms with Crippen LogP contribution in [0.3, 0.4) is 0 Å². The first-order chi connectivity index (χ1) is 19.4. The van der Waals surface area contributed by atoms with E-state index in [0.717, 1.165) is 32.1 Å². The summed E-state index contributed by atoms with van der Waals surface area (Å²) in [6.07, 6.45) is 11.7. The van der Waals surface area contributed by atoms with Crippen LogP contribution in [0.15, 0.2) is 54.1 Å². The van der Waals surface area contributed by atoms with Gasteiger partial charge >= 0.3 is 12.1 Å². The highest BCUT2D eigenvalue weighted by atomic mass is 16.7. The summed E-state index contributed by atoms with van der Waals surface area (Å²) in [5, 5.41) is 0. The van der Waals surface area contributed by atoms with E-state index in [1.165, 1.54) is 12.0 Å². The number of Topliss-reactive ketones (excluding diaryl/α,β-unsaturated/α-hetero) is 1. The smallest absolute Gasteiger partial charge is 0.454 e. The minimum absolute atomic E-state index is 0.0327. The fraction of sp³-hybridized carbons (Fsp3) is 0.629. The Bertz CT molecular complexity index is 1020. The molecule has 1 aromatic rings. The van der Waals surface area contributed by atoms with Crippen molar-refractivity contribution in [3.05, 3.63) is 59.7 Å². The molecule has 1 aliphatic carbocycles. The molecule has 0 heterocycles. The molecule has 41 heavy (non-hydrogen) atoms. The van der Waals surface area contributed by atoms with Crippen LogP contribution < -0.4 is 0 Å². The minimum atomic E-state index is -0.881. The van der Waals surface area contributed by atoms with E-state index in [-0.39, 0.29) is 29.6 Å². The van der Waals surface area contributed by atoms with E-state index >= 15 is 0 Å². The molecule has 0 saturated carbocycles. The predicted molar refractivity (Wildman–Crippen MR) is 164 cm³/mol. The number of benzene rings is 1. The normalized spacial score (nSPS) is 19.2. The lowest BCUT2D eigenvalue weighted by Crippen LogP contribution is -2.27. The molecule has 0 amide bonds. The molecule has 228 valence electrons. The van der Waals surface area contributed by atoms with Crippen LogP contribution >= 0.6 is 0 Å². The van der Waals surface area contributed by atoms with Gasteiger partial charge < -0.3 is 14.2 Å². The molecule has 6 nitrogen and oxygen atoms in total. The van der Waals surface area contributed by atoms with Crippen LogP contribution in [0.25, 0.3) is 0 Å². The molecule has 2 rings (SSSR count). The Balaban J connectivity index is 1.87. The molecule has 1 aromatic carbocycles. The van der Waals surface area contributed by atoms with Gasteiger partial charge in [0.15, 0.2) is 6.10 Å². The number of hydrogen-bond acceptors (Lipinski definition) is 6. The first-order valence-corrected chi connectivity index (χ1v) is 15.5. The van der Waals surface area contributed by atoms with Gasteiger partial charge in [-0.3, -0.25) is 9.59 Å². The van der Waals surface area contributed by atoms with Crippen molar-refractivity contribution in [2.45, 2.75) is 125 Å². The molecule has 0 aliphatic heterocycles. The summed E-state index contributed by atoms with van der Waals surface area (Å²) in [5.41, 5.74) is 2.05. The average Bonchev–Trinajstić information content (AvgIpc) is 3.20. The second kappa shape index (κ2) is 17.2. The van der Waals surface area contributed by atoms with E-state index in [1.54, 1.807) is 31.2 Å². The first-order valence-electron chi connectivity index (χ1n) is 15.5. The second-order valence-corrected chi connectivity index (χ2v) is 12.1. The lowest BCUT2D eigenvalue weighted by atomic mass is 9.77. The highest BCUT2D eigenvalue weighted by Gasteiger charge is 2.33. The van der Waals surface area contributed by atoms with Crippen LogP contribution in [-0.2, 0) is 19.0 Å². The largest absolute Gasteiger partial charge is 0.508 e. The SMILES string of the molecule is CCCCCCCC(CCC(=O)OC(C)C(=O)c1ccccc1)OC(=O)OC(C)C(C)C=CC1CC=C(C)C1(C)C. The van der Waals surface area contributed by atoms with Crippen LogP contribution in [0.2, 0.25) is 0 Å². The van der Waals surface area contributed by atoms with Gasteiger partial charge in [0.1, 0.15) is 12.2 Å². The molecule has 0 radical (unpaired) electrons.